The van der Waals surface area contributed by atoms with E-state index in [-0.39, 0.29) is 23.0 Å². The van der Waals surface area contributed by atoms with Crippen LogP contribution < -0.4 is 5.32 Å². The van der Waals surface area contributed by atoms with Crippen LogP contribution in [0.2, 0.25) is 5.02 Å². The van der Waals surface area contributed by atoms with Crippen molar-refractivity contribution in [3.05, 3.63) is 59.1 Å². The zero-order valence-electron chi connectivity index (χ0n) is 15.7. The second kappa shape index (κ2) is 9.58. The van der Waals surface area contributed by atoms with E-state index in [9.17, 15) is 9.59 Å². The zero-order chi connectivity index (χ0) is 20.8. The molecule has 1 heterocycles. The molecule has 0 saturated carbocycles. The van der Waals surface area contributed by atoms with Crippen molar-refractivity contribution in [1.29, 1.82) is 0 Å². The van der Waals surface area contributed by atoms with Gasteiger partial charge in [-0.1, -0.05) is 35.5 Å². The predicted octanol–water partition coefficient (Wildman–Crippen LogP) is 4.69. The first-order valence-corrected chi connectivity index (χ1v) is 10.1. The standard InChI is InChI=1S/C20H18ClN3O4S/c1-12(2)27-19(26)14-6-4-8-16(10-14)22-17(25)11-29-20-24-23-18(28-20)13-5-3-7-15(21)9-13/h3-10,12H,11H2,1-2H3,(H,22,25). The molecule has 9 heteroatoms. The molecule has 1 aromatic heterocycles. The number of nitrogens with zero attached hydrogens (tertiary/aromatic N) is 2. The van der Waals surface area contributed by atoms with E-state index in [0.717, 1.165) is 11.8 Å². The van der Waals surface area contributed by atoms with Gasteiger partial charge >= 0.3 is 5.97 Å². The number of benzene rings is 2. The summed E-state index contributed by atoms with van der Waals surface area (Å²) in [5.74, 6) is -0.318. The van der Waals surface area contributed by atoms with Crippen LogP contribution in [-0.4, -0.2) is 33.9 Å². The molecule has 3 aromatic rings. The molecule has 0 saturated heterocycles. The van der Waals surface area contributed by atoms with E-state index >= 15 is 0 Å². The molecule has 0 radical (unpaired) electrons. The number of esters is 1. The second-order valence-corrected chi connectivity index (χ2v) is 7.62. The van der Waals surface area contributed by atoms with Gasteiger partial charge in [0.15, 0.2) is 0 Å². The molecule has 0 unspecified atom stereocenters. The number of ether oxygens (including phenoxy) is 1. The summed E-state index contributed by atoms with van der Waals surface area (Å²) in [4.78, 5) is 24.2. The van der Waals surface area contributed by atoms with Gasteiger partial charge in [0, 0.05) is 16.3 Å². The number of nitrogens with one attached hydrogen (secondary N) is 1. The van der Waals surface area contributed by atoms with Crippen molar-refractivity contribution < 1.29 is 18.7 Å². The third-order valence-electron chi connectivity index (χ3n) is 3.53. The van der Waals surface area contributed by atoms with Crippen molar-refractivity contribution >= 4 is 40.9 Å². The van der Waals surface area contributed by atoms with Gasteiger partial charge in [0.05, 0.1) is 17.4 Å². The molecule has 0 aliphatic heterocycles. The molecule has 150 valence electrons. The van der Waals surface area contributed by atoms with Crippen LogP contribution in [0.3, 0.4) is 0 Å². The van der Waals surface area contributed by atoms with Crippen molar-refractivity contribution in [3.8, 4) is 11.5 Å². The van der Waals surface area contributed by atoms with E-state index in [1.807, 2.05) is 0 Å². The summed E-state index contributed by atoms with van der Waals surface area (Å²) in [5.41, 5.74) is 1.57. The van der Waals surface area contributed by atoms with E-state index in [0.29, 0.717) is 27.7 Å². The molecule has 0 aliphatic rings. The lowest BCUT2D eigenvalue weighted by Crippen LogP contribution is -2.15. The number of halogens is 1. The number of rotatable bonds is 7. The number of aromatic nitrogens is 2. The van der Waals surface area contributed by atoms with Crippen molar-refractivity contribution in [3.63, 3.8) is 0 Å². The minimum atomic E-state index is -0.440. The fourth-order valence-electron chi connectivity index (χ4n) is 2.34. The van der Waals surface area contributed by atoms with E-state index in [2.05, 4.69) is 15.5 Å². The first-order valence-electron chi connectivity index (χ1n) is 8.74. The Morgan fingerprint density at radius 1 is 1.17 bits per heavy atom. The predicted molar refractivity (Wildman–Crippen MR) is 111 cm³/mol. The van der Waals surface area contributed by atoms with Gasteiger partial charge < -0.3 is 14.5 Å². The average molecular weight is 432 g/mol. The summed E-state index contributed by atoms with van der Waals surface area (Å²) >= 11 is 7.07. The number of anilines is 1. The minimum absolute atomic E-state index is 0.0673. The molecule has 0 atom stereocenters. The van der Waals surface area contributed by atoms with Gasteiger partial charge in [-0.2, -0.15) is 0 Å². The Kier molecular flexibility index (Phi) is 6.90. The Bertz CT molecular complexity index is 1020. The maximum absolute atomic E-state index is 12.2. The van der Waals surface area contributed by atoms with Crippen LogP contribution in [0.5, 0.6) is 0 Å². The summed E-state index contributed by atoms with van der Waals surface area (Å²) in [7, 11) is 0. The van der Waals surface area contributed by atoms with Crippen molar-refractivity contribution in [2.24, 2.45) is 0 Å². The zero-order valence-corrected chi connectivity index (χ0v) is 17.3. The fraction of sp³-hybridized carbons (Fsp3) is 0.200. The molecule has 1 amide bonds. The van der Waals surface area contributed by atoms with Gasteiger partial charge in [-0.05, 0) is 50.2 Å². The molecule has 3 rings (SSSR count). The molecule has 2 aromatic carbocycles. The maximum atomic E-state index is 12.2. The van der Waals surface area contributed by atoms with E-state index in [1.165, 1.54) is 0 Å². The lowest BCUT2D eigenvalue weighted by Gasteiger charge is -2.09. The van der Waals surface area contributed by atoms with Crippen molar-refractivity contribution in [2.75, 3.05) is 11.1 Å². The normalized spacial score (nSPS) is 10.8. The quantitative estimate of drug-likeness (QED) is 0.428. The van der Waals surface area contributed by atoms with Gasteiger partial charge in [0.2, 0.25) is 11.8 Å². The Balaban J connectivity index is 1.56. The lowest BCUT2D eigenvalue weighted by molar-refractivity contribution is -0.113. The molecule has 29 heavy (non-hydrogen) atoms. The summed E-state index contributed by atoms with van der Waals surface area (Å²) in [6.07, 6.45) is -0.219. The largest absolute Gasteiger partial charge is 0.459 e. The number of carbonyl (C=O) groups excluding carboxylic acids is 2. The Morgan fingerprint density at radius 3 is 2.72 bits per heavy atom. The Hall–Kier alpha value is -2.84. The maximum Gasteiger partial charge on any atom is 0.338 e. The van der Waals surface area contributed by atoms with Gasteiger partial charge in [-0.15, -0.1) is 10.2 Å². The smallest absolute Gasteiger partial charge is 0.338 e. The summed E-state index contributed by atoms with van der Waals surface area (Å²) in [6, 6.07) is 13.6. The SMILES string of the molecule is CC(C)OC(=O)c1cccc(NC(=O)CSc2nnc(-c3cccc(Cl)c3)o2)c1. The molecule has 0 fully saturated rings. The van der Waals surface area contributed by atoms with Crippen LogP contribution >= 0.6 is 23.4 Å². The summed E-state index contributed by atoms with van der Waals surface area (Å²) < 4.78 is 10.7. The fourth-order valence-corrected chi connectivity index (χ4v) is 3.09. The summed E-state index contributed by atoms with van der Waals surface area (Å²) in [5, 5.41) is 11.5. The van der Waals surface area contributed by atoms with E-state index in [4.69, 9.17) is 20.8 Å². The topological polar surface area (TPSA) is 94.3 Å². The first-order chi connectivity index (χ1) is 13.9. The molecule has 7 nitrogen and oxygen atoms in total. The number of amides is 1. The monoisotopic (exact) mass is 431 g/mol. The van der Waals surface area contributed by atoms with Crippen molar-refractivity contribution in [1.82, 2.24) is 10.2 Å². The van der Waals surface area contributed by atoms with E-state index < -0.39 is 5.97 Å². The average Bonchev–Trinajstić information content (AvgIpc) is 3.15. The van der Waals surface area contributed by atoms with Gasteiger partial charge in [0.1, 0.15) is 0 Å². The van der Waals surface area contributed by atoms with Crippen LogP contribution in [0.25, 0.3) is 11.5 Å². The molecule has 1 N–H and O–H groups in total. The highest BCUT2D eigenvalue weighted by atomic mass is 35.5. The highest BCUT2D eigenvalue weighted by molar-refractivity contribution is 7.99. The second-order valence-electron chi connectivity index (χ2n) is 6.26. The number of hydrogen-bond acceptors (Lipinski definition) is 7. The first kappa shape index (κ1) is 20.9. The van der Waals surface area contributed by atoms with Crippen LogP contribution in [0.15, 0.2) is 58.2 Å². The highest BCUT2D eigenvalue weighted by Gasteiger charge is 2.13. The van der Waals surface area contributed by atoms with Crippen LogP contribution in [0.1, 0.15) is 24.2 Å². The van der Waals surface area contributed by atoms with Gasteiger partial charge in [-0.3, -0.25) is 4.79 Å². The number of hydrogen-bond donors (Lipinski definition) is 1. The Morgan fingerprint density at radius 2 is 1.97 bits per heavy atom. The third kappa shape index (κ3) is 6.07. The van der Waals surface area contributed by atoms with Gasteiger partial charge in [0.25, 0.3) is 5.22 Å². The highest BCUT2D eigenvalue weighted by Crippen LogP contribution is 2.25. The van der Waals surface area contributed by atoms with Crippen LogP contribution in [0.4, 0.5) is 5.69 Å². The van der Waals surface area contributed by atoms with Gasteiger partial charge in [-0.25, -0.2) is 4.79 Å². The number of carbonyl (C=O) groups is 2. The molecular weight excluding hydrogens is 414 g/mol. The number of thioether (sulfide) groups is 1. The minimum Gasteiger partial charge on any atom is -0.459 e. The molecular formula is C20H18ClN3O4S. The third-order valence-corrected chi connectivity index (χ3v) is 4.58. The molecule has 0 bridgehead atoms. The van der Waals surface area contributed by atoms with E-state index in [1.54, 1.807) is 62.4 Å². The Labute approximate surface area is 176 Å². The molecule has 0 spiro atoms. The van der Waals surface area contributed by atoms with Crippen LogP contribution in [0, 0.1) is 0 Å². The van der Waals surface area contributed by atoms with Crippen molar-refractivity contribution in [2.45, 2.75) is 25.2 Å². The summed E-state index contributed by atoms with van der Waals surface area (Å²) in [6.45, 7) is 3.55. The van der Waals surface area contributed by atoms with Crippen LogP contribution in [-0.2, 0) is 9.53 Å². The molecule has 0 aliphatic carbocycles. The lowest BCUT2D eigenvalue weighted by atomic mass is 10.2.